The molecule has 0 aliphatic carbocycles. The monoisotopic (exact) mass is 253 g/mol. The highest BCUT2D eigenvalue weighted by Gasteiger charge is 2.00. The predicted molar refractivity (Wildman–Crippen MR) is 68.4 cm³/mol. The average Bonchev–Trinajstić information content (AvgIpc) is 2.27. The number of anilines is 3. The molecule has 0 aliphatic rings. The van der Waals surface area contributed by atoms with Crippen LogP contribution in [-0.4, -0.2) is 4.98 Å². The zero-order valence-electron chi connectivity index (χ0n) is 8.24. The van der Waals surface area contributed by atoms with E-state index in [0.29, 0.717) is 15.9 Å². The van der Waals surface area contributed by atoms with E-state index < -0.39 is 0 Å². The van der Waals surface area contributed by atoms with Crippen LogP contribution in [0.1, 0.15) is 0 Å². The molecular weight excluding hydrogens is 245 g/mol. The van der Waals surface area contributed by atoms with Crippen LogP contribution in [0.3, 0.4) is 0 Å². The van der Waals surface area contributed by atoms with Crippen molar-refractivity contribution < 1.29 is 0 Å². The lowest BCUT2D eigenvalue weighted by molar-refractivity contribution is 1.33. The van der Waals surface area contributed by atoms with Crippen molar-refractivity contribution in [3.63, 3.8) is 0 Å². The van der Waals surface area contributed by atoms with Gasteiger partial charge in [0.1, 0.15) is 5.82 Å². The van der Waals surface area contributed by atoms with Crippen molar-refractivity contribution in [3.05, 3.63) is 46.6 Å². The number of nitrogen functional groups attached to an aromatic ring is 1. The Morgan fingerprint density at radius 1 is 1.00 bits per heavy atom. The smallest absolute Gasteiger partial charge is 0.123 e. The molecule has 2 rings (SSSR count). The molecule has 0 unspecified atom stereocenters. The summed E-state index contributed by atoms with van der Waals surface area (Å²) in [7, 11) is 0. The molecule has 1 aromatic carbocycles. The molecule has 0 radical (unpaired) electrons. The Morgan fingerprint density at radius 2 is 1.75 bits per heavy atom. The van der Waals surface area contributed by atoms with Crippen LogP contribution >= 0.6 is 23.2 Å². The maximum Gasteiger partial charge on any atom is 0.123 e. The molecule has 0 aliphatic heterocycles. The molecular formula is C11H9Cl2N3. The van der Waals surface area contributed by atoms with E-state index in [1.54, 1.807) is 24.4 Å². The van der Waals surface area contributed by atoms with Gasteiger partial charge in [-0.15, -0.1) is 0 Å². The summed E-state index contributed by atoms with van der Waals surface area (Å²) in [5.41, 5.74) is 7.18. The summed E-state index contributed by atoms with van der Waals surface area (Å²) in [5, 5.41) is 4.18. The molecule has 0 amide bonds. The molecule has 0 atom stereocenters. The molecule has 16 heavy (non-hydrogen) atoms. The first-order chi connectivity index (χ1) is 7.65. The van der Waals surface area contributed by atoms with Gasteiger partial charge in [-0.05, 0) is 30.3 Å². The van der Waals surface area contributed by atoms with Crippen molar-refractivity contribution in [2.75, 3.05) is 11.1 Å². The Labute approximate surface area is 103 Å². The fraction of sp³-hybridized carbons (Fsp3) is 0. The summed E-state index contributed by atoms with van der Waals surface area (Å²) >= 11 is 11.7. The van der Waals surface area contributed by atoms with E-state index >= 15 is 0 Å². The van der Waals surface area contributed by atoms with Gasteiger partial charge in [-0.3, -0.25) is 0 Å². The highest BCUT2D eigenvalue weighted by Crippen LogP contribution is 2.26. The first-order valence-electron chi connectivity index (χ1n) is 4.59. The van der Waals surface area contributed by atoms with Crippen molar-refractivity contribution in [1.29, 1.82) is 0 Å². The standard InChI is InChI=1S/C11H9Cl2N3/c12-9-3-1-7(5-10(9)13)16-8-2-4-11(14)15-6-8/h1-6,16H,(H2,14,15). The first-order valence-corrected chi connectivity index (χ1v) is 5.34. The normalized spacial score (nSPS) is 10.1. The Hall–Kier alpha value is -1.45. The number of nitrogens with two attached hydrogens (primary N) is 1. The molecule has 0 saturated carbocycles. The fourth-order valence-electron chi connectivity index (χ4n) is 1.22. The molecule has 0 bridgehead atoms. The molecule has 82 valence electrons. The highest BCUT2D eigenvalue weighted by molar-refractivity contribution is 6.42. The summed E-state index contributed by atoms with van der Waals surface area (Å²) in [6.45, 7) is 0. The van der Waals surface area contributed by atoms with Gasteiger partial charge in [-0.25, -0.2) is 4.98 Å². The Balaban J connectivity index is 2.20. The third-order valence-electron chi connectivity index (χ3n) is 1.99. The Morgan fingerprint density at radius 3 is 2.38 bits per heavy atom. The topological polar surface area (TPSA) is 50.9 Å². The van der Waals surface area contributed by atoms with Crippen LogP contribution in [0.15, 0.2) is 36.5 Å². The Kier molecular flexibility index (Phi) is 3.17. The third kappa shape index (κ3) is 2.56. The van der Waals surface area contributed by atoms with Gasteiger partial charge in [0, 0.05) is 5.69 Å². The van der Waals surface area contributed by atoms with Gasteiger partial charge in [0.15, 0.2) is 0 Å². The van der Waals surface area contributed by atoms with Gasteiger partial charge in [-0.2, -0.15) is 0 Å². The summed E-state index contributed by atoms with van der Waals surface area (Å²) in [4.78, 5) is 3.97. The number of pyridine rings is 1. The van der Waals surface area contributed by atoms with E-state index in [4.69, 9.17) is 28.9 Å². The number of nitrogens with one attached hydrogen (secondary N) is 1. The van der Waals surface area contributed by atoms with Crippen LogP contribution in [0.4, 0.5) is 17.2 Å². The minimum Gasteiger partial charge on any atom is -0.384 e. The molecule has 5 heteroatoms. The number of nitrogens with zero attached hydrogens (tertiary/aromatic N) is 1. The van der Waals surface area contributed by atoms with Gasteiger partial charge in [0.05, 0.1) is 21.9 Å². The summed E-state index contributed by atoms with van der Waals surface area (Å²) in [6.07, 6.45) is 1.65. The lowest BCUT2D eigenvalue weighted by Crippen LogP contribution is -1.93. The molecule has 0 spiro atoms. The van der Waals surface area contributed by atoms with Crippen LogP contribution < -0.4 is 11.1 Å². The van der Waals surface area contributed by atoms with E-state index in [2.05, 4.69) is 10.3 Å². The van der Waals surface area contributed by atoms with Crippen LogP contribution in [0, 0.1) is 0 Å². The minimum absolute atomic E-state index is 0.486. The van der Waals surface area contributed by atoms with Crippen molar-refractivity contribution >= 4 is 40.4 Å². The van der Waals surface area contributed by atoms with E-state index in [0.717, 1.165) is 11.4 Å². The molecule has 0 fully saturated rings. The van der Waals surface area contributed by atoms with Gasteiger partial charge < -0.3 is 11.1 Å². The average molecular weight is 254 g/mol. The number of benzene rings is 1. The van der Waals surface area contributed by atoms with Crippen molar-refractivity contribution in [1.82, 2.24) is 4.98 Å². The number of rotatable bonds is 2. The summed E-state index contributed by atoms with van der Waals surface area (Å²) < 4.78 is 0. The van der Waals surface area contributed by atoms with Crippen LogP contribution in [0.2, 0.25) is 10.0 Å². The van der Waals surface area contributed by atoms with Gasteiger partial charge in [0.25, 0.3) is 0 Å². The van der Waals surface area contributed by atoms with Crippen molar-refractivity contribution in [2.45, 2.75) is 0 Å². The molecule has 2 aromatic rings. The van der Waals surface area contributed by atoms with E-state index in [1.807, 2.05) is 12.1 Å². The van der Waals surface area contributed by atoms with Gasteiger partial charge in [0.2, 0.25) is 0 Å². The van der Waals surface area contributed by atoms with Crippen molar-refractivity contribution in [3.8, 4) is 0 Å². The zero-order valence-corrected chi connectivity index (χ0v) is 9.76. The second kappa shape index (κ2) is 4.60. The maximum atomic E-state index is 5.90. The lowest BCUT2D eigenvalue weighted by atomic mass is 10.3. The SMILES string of the molecule is Nc1ccc(Nc2ccc(Cl)c(Cl)c2)cn1. The quantitative estimate of drug-likeness (QED) is 0.858. The van der Waals surface area contributed by atoms with Gasteiger partial charge in [-0.1, -0.05) is 23.2 Å². The third-order valence-corrected chi connectivity index (χ3v) is 2.73. The number of hydrogen-bond donors (Lipinski definition) is 2. The first kappa shape index (κ1) is 11.0. The van der Waals surface area contributed by atoms with E-state index in [1.165, 1.54) is 0 Å². The lowest BCUT2D eigenvalue weighted by Gasteiger charge is -2.07. The zero-order chi connectivity index (χ0) is 11.5. The molecule has 0 saturated heterocycles. The minimum atomic E-state index is 0.486. The maximum absolute atomic E-state index is 5.90. The van der Waals surface area contributed by atoms with Crippen molar-refractivity contribution in [2.24, 2.45) is 0 Å². The van der Waals surface area contributed by atoms with Crippen LogP contribution in [0.25, 0.3) is 0 Å². The fourth-order valence-corrected chi connectivity index (χ4v) is 1.52. The largest absolute Gasteiger partial charge is 0.384 e. The summed E-state index contributed by atoms with van der Waals surface area (Å²) in [6, 6.07) is 8.88. The molecule has 3 N–H and O–H groups in total. The molecule has 3 nitrogen and oxygen atoms in total. The summed E-state index contributed by atoms with van der Waals surface area (Å²) in [5.74, 6) is 0.486. The Bertz CT molecular complexity index is 497. The van der Waals surface area contributed by atoms with Crippen LogP contribution in [-0.2, 0) is 0 Å². The molecule has 1 heterocycles. The second-order valence-electron chi connectivity index (χ2n) is 3.23. The van der Waals surface area contributed by atoms with Gasteiger partial charge >= 0.3 is 0 Å². The molecule has 1 aromatic heterocycles. The van der Waals surface area contributed by atoms with E-state index in [9.17, 15) is 0 Å². The van der Waals surface area contributed by atoms with E-state index in [-0.39, 0.29) is 0 Å². The number of halogens is 2. The number of hydrogen-bond acceptors (Lipinski definition) is 3. The predicted octanol–water partition coefficient (Wildman–Crippen LogP) is 3.71. The highest BCUT2D eigenvalue weighted by atomic mass is 35.5. The van der Waals surface area contributed by atoms with Crippen LogP contribution in [0.5, 0.6) is 0 Å². The number of aromatic nitrogens is 1. The second-order valence-corrected chi connectivity index (χ2v) is 4.04.